The molecule has 0 radical (unpaired) electrons. The predicted molar refractivity (Wildman–Crippen MR) is 86.0 cm³/mol. The average Bonchev–Trinajstić information content (AvgIpc) is 2.80. The van der Waals surface area contributed by atoms with E-state index >= 15 is 0 Å². The zero-order valence-electron chi connectivity index (χ0n) is 13.2. The molecule has 0 bridgehead atoms. The zero-order valence-corrected chi connectivity index (χ0v) is 13.2. The lowest BCUT2D eigenvalue weighted by molar-refractivity contribution is 0.391. The van der Waals surface area contributed by atoms with Gasteiger partial charge in [0.25, 0.3) is 0 Å². The van der Waals surface area contributed by atoms with Gasteiger partial charge in [-0.15, -0.1) is 0 Å². The van der Waals surface area contributed by atoms with E-state index in [-0.39, 0.29) is 0 Å². The van der Waals surface area contributed by atoms with Crippen LogP contribution in [0.15, 0.2) is 24.3 Å². The molecule has 1 aromatic carbocycles. The third-order valence-electron chi connectivity index (χ3n) is 4.14. The molecule has 110 valence electrons. The molecule has 0 saturated heterocycles. The summed E-state index contributed by atoms with van der Waals surface area (Å²) in [5.74, 6) is 1.91. The Morgan fingerprint density at radius 2 is 2.00 bits per heavy atom. The Morgan fingerprint density at radius 1 is 1.25 bits per heavy atom. The summed E-state index contributed by atoms with van der Waals surface area (Å²) in [7, 11) is 2.06. The number of hydrogen-bond acceptors (Lipinski definition) is 2. The van der Waals surface area contributed by atoms with Gasteiger partial charge in [-0.05, 0) is 44.9 Å². The molecular formula is C17H27N3. The maximum Gasteiger partial charge on any atom is 0.109 e. The number of fused-ring (bicyclic) bond motifs is 1. The van der Waals surface area contributed by atoms with Crippen molar-refractivity contribution in [1.82, 2.24) is 14.9 Å². The maximum absolute atomic E-state index is 4.79. The number of aryl methyl sites for hydroxylation is 2. The van der Waals surface area contributed by atoms with Crippen LogP contribution in [0.2, 0.25) is 0 Å². The first-order chi connectivity index (χ1) is 9.67. The van der Waals surface area contributed by atoms with Crippen LogP contribution < -0.4 is 5.32 Å². The minimum absolute atomic E-state index is 0.606. The third-order valence-corrected chi connectivity index (χ3v) is 4.14. The van der Waals surface area contributed by atoms with Crippen LogP contribution in [0.5, 0.6) is 0 Å². The fourth-order valence-corrected chi connectivity index (χ4v) is 2.96. The molecule has 0 aliphatic heterocycles. The summed E-state index contributed by atoms with van der Waals surface area (Å²) in [5, 5.41) is 3.42. The summed E-state index contributed by atoms with van der Waals surface area (Å²) >= 11 is 0. The van der Waals surface area contributed by atoms with Crippen LogP contribution >= 0.6 is 0 Å². The van der Waals surface area contributed by atoms with Crippen molar-refractivity contribution in [3.63, 3.8) is 0 Å². The number of nitrogens with zero attached hydrogens (tertiary/aromatic N) is 2. The van der Waals surface area contributed by atoms with Gasteiger partial charge in [-0.2, -0.15) is 0 Å². The summed E-state index contributed by atoms with van der Waals surface area (Å²) in [5.41, 5.74) is 2.39. The highest BCUT2D eigenvalue weighted by Crippen LogP contribution is 2.18. The number of rotatable bonds is 7. The summed E-state index contributed by atoms with van der Waals surface area (Å²) < 4.78 is 2.35. The Hall–Kier alpha value is -1.35. The highest BCUT2D eigenvalue weighted by atomic mass is 15.1. The van der Waals surface area contributed by atoms with Crippen LogP contribution in [-0.2, 0) is 13.0 Å². The Morgan fingerprint density at radius 3 is 2.65 bits per heavy atom. The fourth-order valence-electron chi connectivity index (χ4n) is 2.96. The maximum atomic E-state index is 4.79. The van der Waals surface area contributed by atoms with Crippen LogP contribution in [0.1, 0.15) is 39.4 Å². The second kappa shape index (κ2) is 6.89. The van der Waals surface area contributed by atoms with Crippen molar-refractivity contribution in [1.29, 1.82) is 0 Å². The molecule has 1 unspecified atom stereocenters. The van der Waals surface area contributed by atoms with Gasteiger partial charge in [-0.1, -0.05) is 26.0 Å². The molecule has 0 aliphatic rings. The van der Waals surface area contributed by atoms with Crippen LogP contribution in [-0.4, -0.2) is 22.6 Å². The first kappa shape index (κ1) is 15.0. The summed E-state index contributed by atoms with van der Waals surface area (Å²) in [6, 6.07) is 9.04. The van der Waals surface area contributed by atoms with E-state index in [1.54, 1.807) is 0 Å². The van der Waals surface area contributed by atoms with E-state index in [9.17, 15) is 0 Å². The van der Waals surface area contributed by atoms with Crippen molar-refractivity contribution in [2.75, 3.05) is 7.05 Å². The van der Waals surface area contributed by atoms with Crippen LogP contribution in [0.4, 0.5) is 0 Å². The normalized spacial score (nSPS) is 13.2. The number of para-hydroxylation sites is 2. The van der Waals surface area contributed by atoms with Crippen molar-refractivity contribution < 1.29 is 0 Å². The SMILES string of the molecule is CCn1c(CCCC(NC)C(C)C)nc2ccccc21. The van der Waals surface area contributed by atoms with Crippen LogP contribution in [0.3, 0.4) is 0 Å². The number of aromatic nitrogens is 2. The van der Waals surface area contributed by atoms with Crippen molar-refractivity contribution in [3.8, 4) is 0 Å². The standard InChI is InChI=1S/C17H27N3/c1-5-20-16-11-7-6-9-15(16)19-17(20)12-8-10-14(18-4)13(2)3/h6-7,9,11,13-14,18H,5,8,10,12H2,1-4H3. The van der Waals surface area contributed by atoms with E-state index in [0.717, 1.165) is 18.5 Å². The zero-order chi connectivity index (χ0) is 14.5. The first-order valence-corrected chi connectivity index (χ1v) is 7.78. The topological polar surface area (TPSA) is 29.9 Å². The molecule has 1 aromatic heterocycles. The van der Waals surface area contributed by atoms with Crippen molar-refractivity contribution >= 4 is 11.0 Å². The van der Waals surface area contributed by atoms with E-state index in [2.05, 4.69) is 62.0 Å². The summed E-state index contributed by atoms with van der Waals surface area (Å²) in [6.07, 6.45) is 3.46. The predicted octanol–water partition coefficient (Wildman–Crippen LogP) is 3.62. The summed E-state index contributed by atoms with van der Waals surface area (Å²) in [6.45, 7) is 7.75. The molecule has 0 aliphatic carbocycles. The Labute approximate surface area is 122 Å². The van der Waals surface area contributed by atoms with Crippen LogP contribution in [0.25, 0.3) is 11.0 Å². The molecule has 20 heavy (non-hydrogen) atoms. The van der Waals surface area contributed by atoms with E-state index in [1.165, 1.54) is 24.2 Å². The van der Waals surface area contributed by atoms with E-state index in [4.69, 9.17) is 4.98 Å². The molecule has 3 heteroatoms. The minimum Gasteiger partial charge on any atom is -0.328 e. The van der Waals surface area contributed by atoms with Crippen molar-refractivity contribution in [3.05, 3.63) is 30.1 Å². The molecule has 1 heterocycles. The molecule has 0 amide bonds. The Balaban J connectivity index is 2.06. The second-order valence-electron chi connectivity index (χ2n) is 5.79. The van der Waals surface area contributed by atoms with Gasteiger partial charge in [0.05, 0.1) is 11.0 Å². The first-order valence-electron chi connectivity index (χ1n) is 7.78. The van der Waals surface area contributed by atoms with Crippen molar-refractivity contribution in [2.24, 2.45) is 5.92 Å². The molecule has 0 fully saturated rings. The van der Waals surface area contributed by atoms with Gasteiger partial charge < -0.3 is 9.88 Å². The number of nitrogens with one attached hydrogen (secondary N) is 1. The number of imidazole rings is 1. The molecular weight excluding hydrogens is 246 g/mol. The van der Waals surface area contributed by atoms with Crippen molar-refractivity contribution in [2.45, 2.75) is 52.6 Å². The lowest BCUT2D eigenvalue weighted by Gasteiger charge is -2.19. The fraction of sp³-hybridized carbons (Fsp3) is 0.588. The second-order valence-corrected chi connectivity index (χ2v) is 5.79. The van der Waals surface area contributed by atoms with Gasteiger partial charge >= 0.3 is 0 Å². The quantitative estimate of drug-likeness (QED) is 0.835. The van der Waals surface area contributed by atoms with E-state index in [1.807, 2.05) is 0 Å². The highest BCUT2D eigenvalue weighted by molar-refractivity contribution is 5.75. The van der Waals surface area contributed by atoms with Gasteiger partial charge in [0, 0.05) is 19.0 Å². The molecule has 2 rings (SSSR count). The monoisotopic (exact) mass is 273 g/mol. The largest absolute Gasteiger partial charge is 0.328 e. The van der Waals surface area contributed by atoms with Gasteiger partial charge in [-0.3, -0.25) is 0 Å². The van der Waals surface area contributed by atoms with Gasteiger partial charge in [0.2, 0.25) is 0 Å². The third kappa shape index (κ3) is 3.21. The lowest BCUT2D eigenvalue weighted by Crippen LogP contribution is -2.30. The molecule has 2 aromatic rings. The van der Waals surface area contributed by atoms with Gasteiger partial charge in [0.15, 0.2) is 0 Å². The molecule has 0 saturated carbocycles. The minimum atomic E-state index is 0.606. The molecule has 0 spiro atoms. The van der Waals surface area contributed by atoms with E-state index in [0.29, 0.717) is 12.0 Å². The average molecular weight is 273 g/mol. The Kier molecular flexibility index (Phi) is 5.18. The molecule has 1 N–H and O–H groups in total. The molecule has 3 nitrogen and oxygen atoms in total. The lowest BCUT2D eigenvalue weighted by atomic mass is 9.98. The summed E-state index contributed by atoms with van der Waals surface area (Å²) in [4.78, 5) is 4.79. The van der Waals surface area contributed by atoms with E-state index < -0.39 is 0 Å². The van der Waals surface area contributed by atoms with Crippen LogP contribution in [0, 0.1) is 5.92 Å². The highest BCUT2D eigenvalue weighted by Gasteiger charge is 2.12. The molecule has 1 atom stereocenters. The number of hydrogen-bond donors (Lipinski definition) is 1. The van der Waals surface area contributed by atoms with Gasteiger partial charge in [0.1, 0.15) is 5.82 Å². The smallest absolute Gasteiger partial charge is 0.109 e. The number of benzene rings is 1. The Bertz CT molecular complexity index is 542. The van der Waals surface area contributed by atoms with Gasteiger partial charge in [-0.25, -0.2) is 4.98 Å².